The van der Waals surface area contributed by atoms with E-state index in [1.165, 1.54) is 0 Å². The standard InChI is InChI=1S/C17H26N2O4.C17H25NO4.C16H24N2O4.C15H19NO4/c1-6-9-17(5,23-15(20)13(3)4)16-18-10-8-14(19-16)22-12-21-11-7-2;1-6-9-17(5,22-16(19)13(3)4)14-8-10-18-15(11-14)21-12-20-7-2;1-6-9-16(5,22-14(19)12(3)4)13-8-10-17-15(18-13)21-11-20-7-2;1-5-6-15(4,20-14(17)10(2)3)13-7-11-12(8-16-13)19-9-18-11/h8,10H,3,6-7,9,11-12H2,1-2,4-5H3;8,10-11H,3,6-7,9,12H2,1-2,4-5H3;8,10H,3,6-7,9,11H2,1-2,4-5H3;7-8H,2,5-6,9H2,1,3-4H3. The molecule has 4 unspecified atom stereocenters. The van der Waals surface area contributed by atoms with Gasteiger partial charge in [-0.05, 0) is 113 Å². The Balaban J connectivity index is 0.000000396. The smallest absolute Gasteiger partial charge is 0.334 e. The summed E-state index contributed by atoms with van der Waals surface area (Å²) in [5, 5.41) is 0. The molecular formula is C65H94N6O16. The van der Waals surface area contributed by atoms with E-state index in [2.05, 4.69) is 56.2 Å². The van der Waals surface area contributed by atoms with E-state index in [4.69, 9.17) is 56.8 Å². The summed E-state index contributed by atoms with van der Waals surface area (Å²) in [6.07, 6.45) is 13.3. The Morgan fingerprint density at radius 1 is 0.483 bits per heavy atom. The van der Waals surface area contributed by atoms with Gasteiger partial charge < -0.3 is 56.8 Å². The van der Waals surface area contributed by atoms with Crippen LogP contribution in [0.2, 0.25) is 0 Å². The van der Waals surface area contributed by atoms with Gasteiger partial charge >= 0.3 is 29.9 Å². The fraction of sp³-hybridized carbons (Fsp3) is 0.538. The lowest BCUT2D eigenvalue weighted by molar-refractivity contribution is -0.156. The third-order valence-electron chi connectivity index (χ3n) is 12.6. The molecular weight excluding hydrogens is 1120 g/mol. The van der Waals surface area contributed by atoms with Crippen molar-refractivity contribution in [3.8, 4) is 29.3 Å². The molecule has 4 atom stereocenters. The van der Waals surface area contributed by atoms with Crippen LogP contribution in [-0.4, -0.2) is 101 Å². The highest BCUT2D eigenvalue weighted by molar-refractivity contribution is 5.88. The minimum absolute atomic E-state index is 0.0794. The highest BCUT2D eigenvalue weighted by Gasteiger charge is 2.37. The number of carbonyl (C=O) groups excluding carboxylic acids is 4. The Bertz CT molecular complexity index is 2770. The van der Waals surface area contributed by atoms with E-state index in [1.54, 1.807) is 83.7 Å². The average Bonchev–Trinajstić information content (AvgIpc) is 4.14. The fourth-order valence-corrected chi connectivity index (χ4v) is 7.96. The molecule has 5 heterocycles. The lowest BCUT2D eigenvalue weighted by Crippen LogP contribution is -2.31. The van der Waals surface area contributed by atoms with Crippen molar-refractivity contribution >= 4 is 23.9 Å². The summed E-state index contributed by atoms with van der Waals surface area (Å²) in [5.41, 5.74) is 0.206. The number of rotatable bonds is 33. The van der Waals surface area contributed by atoms with Gasteiger partial charge in [-0.15, -0.1) is 0 Å². The van der Waals surface area contributed by atoms with Crippen molar-refractivity contribution in [3.63, 3.8) is 0 Å². The molecule has 22 heteroatoms. The van der Waals surface area contributed by atoms with E-state index in [-0.39, 0.29) is 33.2 Å². The number of aromatic nitrogens is 6. The van der Waals surface area contributed by atoms with Crippen molar-refractivity contribution in [1.29, 1.82) is 0 Å². The molecule has 87 heavy (non-hydrogen) atoms. The Labute approximate surface area is 514 Å². The molecule has 0 aromatic carbocycles. The van der Waals surface area contributed by atoms with Crippen LogP contribution in [0.4, 0.5) is 0 Å². The maximum Gasteiger partial charge on any atom is 0.334 e. The third-order valence-corrected chi connectivity index (χ3v) is 12.6. The van der Waals surface area contributed by atoms with Crippen LogP contribution in [0.25, 0.3) is 0 Å². The first kappa shape index (κ1) is 75.3. The number of ether oxygens (including phenoxy) is 12. The molecule has 0 amide bonds. The second-order valence-corrected chi connectivity index (χ2v) is 21.0. The molecule has 1 aliphatic rings. The van der Waals surface area contributed by atoms with Gasteiger partial charge in [-0.2, -0.15) is 9.97 Å². The van der Waals surface area contributed by atoms with Crippen LogP contribution in [0.3, 0.4) is 0 Å². The number of hydrogen-bond donors (Lipinski definition) is 0. The Morgan fingerprint density at radius 3 is 1.48 bits per heavy atom. The van der Waals surface area contributed by atoms with Gasteiger partial charge in [0.05, 0.1) is 24.2 Å². The summed E-state index contributed by atoms with van der Waals surface area (Å²) < 4.78 is 64.7. The van der Waals surface area contributed by atoms with Gasteiger partial charge in [0.2, 0.25) is 18.6 Å². The van der Waals surface area contributed by atoms with Crippen LogP contribution < -0.4 is 23.7 Å². The molecule has 480 valence electrons. The number of esters is 4. The van der Waals surface area contributed by atoms with E-state index in [0.717, 1.165) is 37.7 Å². The molecule has 1 aliphatic heterocycles. The molecule has 0 radical (unpaired) electrons. The van der Waals surface area contributed by atoms with E-state index >= 15 is 0 Å². The molecule has 0 N–H and O–H groups in total. The minimum Gasteiger partial charge on any atom is -0.453 e. The zero-order valence-corrected chi connectivity index (χ0v) is 54.1. The lowest BCUT2D eigenvalue weighted by atomic mass is 9.91. The van der Waals surface area contributed by atoms with Crippen molar-refractivity contribution in [2.45, 2.75) is 184 Å². The second-order valence-electron chi connectivity index (χ2n) is 21.0. The number of pyridine rings is 2. The first-order valence-electron chi connectivity index (χ1n) is 29.3. The van der Waals surface area contributed by atoms with E-state index in [9.17, 15) is 19.2 Å². The number of carbonyl (C=O) groups is 4. The Morgan fingerprint density at radius 2 is 0.943 bits per heavy atom. The minimum atomic E-state index is -0.922. The summed E-state index contributed by atoms with van der Waals surface area (Å²) >= 11 is 0. The van der Waals surface area contributed by atoms with Crippen LogP contribution in [0, 0.1) is 0 Å². The zero-order valence-electron chi connectivity index (χ0n) is 54.1. The van der Waals surface area contributed by atoms with Gasteiger partial charge in [0.25, 0.3) is 0 Å². The third kappa shape index (κ3) is 25.6. The second kappa shape index (κ2) is 38.4. The average molecular weight is 1220 g/mol. The van der Waals surface area contributed by atoms with Crippen LogP contribution in [0.1, 0.15) is 184 Å². The van der Waals surface area contributed by atoms with Crippen LogP contribution >= 0.6 is 0 Å². The fourth-order valence-electron chi connectivity index (χ4n) is 7.96. The van der Waals surface area contributed by atoms with Crippen LogP contribution in [-0.2, 0) is 74.7 Å². The Hall–Kier alpha value is -7.82. The summed E-state index contributed by atoms with van der Waals surface area (Å²) in [6, 6.07) is 8.93. The molecule has 0 bridgehead atoms. The summed E-state index contributed by atoms with van der Waals surface area (Å²) in [7, 11) is 0. The van der Waals surface area contributed by atoms with Crippen LogP contribution in [0.15, 0.2) is 104 Å². The van der Waals surface area contributed by atoms with Gasteiger partial charge in [-0.1, -0.05) is 86.6 Å². The van der Waals surface area contributed by atoms with Crippen molar-refractivity contribution in [3.05, 3.63) is 127 Å². The maximum atomic E-state index is 11.9. The van der Waals surface area contributed by atoms with Crippen molar-refractivity contribution in [1.82, 2.24) is 29.9 Å². The largest absolute Gasteiger partial charge is 0.453 e. The van der Waals surface area contributed by atoms with E-state index in [0.29, 0.717) is 108 Å². The monoisotopic (exact) mass is 1210 g/mol. The molecule has 0 aliphatic carbocycles. The van der Waals surface area contributed by atoms with Crippen molar-refractivity contribution in [2.75, 3.05) is 47.0 Å². The first-order chi connectivity index (χ1) is 41.2. The van der Waals surface area contributed by atoms with Gasteiger partial charge in [0.15, 0.2) is 54.5 Å². The molecule has 0 saturated carbocycles. The predicted octanol–water partition coefficient (Wildman–Crippen LogP) is 12.9. The summed E-state index contributed by atoms with van der Waals surface area (Å²) in [6.45, 7) is 44.5. The van der Waals surface area contributed by atoms with Crippen molar-refractivity contribution in [2.24, 2.45) is 0 Å². The molecule has 4 aromatic heterocycles. The predicted molar refractivity (Wildman–Crippen MR) is 327 cm³/mol. The quantitative estimate of drug-likeness (QED) is 0.0141. The molecule has 22 nitrogen and oxygen atoms in total. The van der Waals surface area contributed by atoms with Gasteiger partial charge in [-0.25, -0.2) is 34.1 Å². The highest BCUT2D eigenvalue weighted by Crippen LogP contribution is 2.38. The van der Waals surface area contributed by atoms with Gasteiger partial charge in [0, 0.05) is 77.9 Å². The molecule has 5 rings (SSSR count). The lowest BCUT2D eigenvalue weighted by Gasteiger charge is -2.30. The van der Waals surface area contributed by atoms with E-state index in [1.807, 2.05) is 75.3 Å². The molecule has 0 spiro atoms. The number of fused-ring (bicyclic) bond motifs is 1. The zero-order chi connectivity index (χ0) is 65.2. The maximum absolute atomic E-state index is 11.9. The first-order valence-corrected chi connectivity index (χ1v) is 29.3. The van der Waals surface area contributed by atoms with Gasteiger partial charge in [0.1, 0.15) is 5.60 Å². The topological polar surface area (TPSA) is 256 Å². The van der Waals surface area contributed by atoms with Crippen LogP contribution in [0.5, 0.6) is 29.3 Å². The molecule has 4 aromatic rings. The molecule has 0 saturated heterocycles. The van der Waals surface area contributed by atoms with Crippen molar-refractivity contribution < 1.29 is 76.0 Å². The summed E-state index contributed by atoms with van der Waals surface area (Å²) in [4.78, 5) is 73.0. The van der Waals surface area contributed by atoms with Gasteiger partial charge in [-0.3, -0.25) is 4.98 Å². The SMILES string of the molecule is C=C(C)C(=O)OC(C)(CCC)c1cc2c(cn1)OCO2.C=C(C)C(=O)OC(C)(CCC)c1ccnc(OCOCC)c1.C=C(C)C(=O)OC(C)(CCC)c1ccnc(OCOCC)n1.C=C(C)C(=O)OC(C)(CCC)c1nccc(OCOCCC)n1. The molecule has 0 fully saturated rings. The number of hydrogen-bond acceptors (Lipinski definition) is 22. The summed E-state index contributed by atoms with van der Waals surface area (Å²) in [5.74, 6) is 0.766. The highest BCUT2D eigenvalue weighted by atomic mass is 16.7. The van der Waals surface area contributed by atoms with E-state index < -0.39 is 46.3 Å². The number of nitrogens with zero attached hydrogens (tertiary/aromatic N) is 6. The normalized spacial score (nSPS) is 13.8. The Kier molecular flexibility index (Phi) is 33.2.